The molecule has 0 bridgehead atoms. The molecule has 0 aromatic heterocycles. The summed E-state index contributed by atoms with van der Waals surface area (Å²) in [7, 11) is 0. The van der Waals surface area contributed by atoms with Gasteiger partial charge in [-0.3, -0.25) is 9.59 Å². The molecule has 2 rings (SSSR count). The van der Waals surface area contributed by atoms with Crippen LogP contribution in [0.2, 0.25) is 0 Å². The maximum atomic E-state index is 12.1. The summed E-state index contributed by atoms with van der Waals surface area (Å²) in [5.41, 5.74) is 0.0886. The Morgan fingerprint density at radius 3 is 2.58 bits per heavy atom. The number of rotatable bonds is 4. The van der Waals surface area contributed by atoms with E-state index in [4.69, 9.17) is 5.26 Å². The number of amides is 2. The molecule has 0 radical (unpaired) electrons. The molecule has 0 aliphatic carbocycles. The number of anilines is 1. The molecular weight excluding hydrogens is 324 g/mol. The Bertz CT molecular complexity index is 772. The third kappa shape index (κ3) is 3.58. The topological polar surface area (TPSA) is 106 Å². The van der Waals surface area contributed by atoms with Crippen LogP contribution in [0.1, 0.15) is 13.8 Å². The average Bonchev–Trinajstić information content (AvgIpc) is 2.53. The zero-order chi connectivity index (χ0) is 17.7. The first kappa shape index (κ1) is 17.6. The molecule has 6 nitrogen and oxygen atoms in total. The molecule has 0 saturated heterocycles. The maximum absolute atomic E-state index is 12.1. The van der Waals surface area contributed by atoms with E-state index in [-0.39, 0.29) is 11.7 Å². The molecule has 24 heavy (non-hydrogen) atoms. The number of thioether (sulfide) groups is 1. The second-order valence-electron chi connectivity index (χ2n) is 5.79. The molecule has 2 amide bonds. The van der Waals surface area contributed by atoms with Crippen molar-refractivity contribution >= 4 is 29.3 Å². The zero-order valence-electron chi connectivity index (χ0n) is 13.3. The number of nitriles is 2. The monoisotopic (exact) mass is 340 g/mol. The molecule has 1 aliphatic rings. The Labute approximate surface area is 144 Å². The highest BCUT2D eigenvalue weighted by Gasteiger charge is 2.44. The summed E-state index contributed by atoms with van der Waals surface area (Å²) in [4.78, 5) is 24.1. The Balaban J connectivity index is 2.12. The fourth-order valence-electron chi connectivity index (χ4n) is 2.39. The van der Waals surface area contributed by atoms with Crippen molar-refractivity contribution in [2.45, 2.75) is 13.8 Å². The Morgan fingerprint density at radius 2 is 2.00 bits per heavy atom. The third-order valence-electron chi connectivity index (χ3n) is 3.74. The number of carbonyl (C=O) groups excluding carboxylic acids is 2. The van der Waals surface area contributed by atoms with Crippen molar-refractivity contribution in [1.82, 2.24) is 5.32 Å². The highest BCUT2D eigenvalue weighted by molar-refractivity contribution is 8.03. The molecule has 1 atom stereocenters. The predicted molar refractivity (Wildman–Crippen MR) is 91.2 cm³/mol. The van der Waals surface area contributed by atoms with Crippen LogP contribution in [-0.2, 0) is 9.59 Å². The Kier molecular flexibility index (Phi) is 5.28. The van der Waals surface area contributed by atoms with Gasteiger partial charge in [0.15, 0.2) is 0 Å². The smallest absolute Gasteiger partial charge is 0.243 e. The first-order valence-electron chi connectivity index (χ1n) is 7.23. The number of carbonyl (C=O) groups is 2. The summed E-state index contributed by atoms with van der Waals surface area (Å²) < 4.78 is 0. The fraction of sp³-hybridized carbons (Fsp3) is 0.294. The number of benzene rings is 1. The molecule has 1 aromatic carbocycles. The van der Waals surface area contributed by atoms with Crippen LogP contribution in [0.25, 0.3) is 0 Å². The van der Waals surface area contributed by atoms with E-state index in [1.54, 1.807) is 26.0 Å². The van der Waals surface area contributed by atoms with Gasteiger partial charge in [-0.25, -0.2) is 0 Å². The summed E-state index contributed by atoms with van der Waals surface area (Å²) in [5.74, 6) is -1.59. The second-order valence-corrected chi connectivity index (χ2v) is 6.78. The molecule has 0 spiro atoms. The summed E-state index contributed by atoms with van der Waals surface area (Å²) >= 11 is 1.08. The van der Waals surface area contributed by atoms with Gasteiger partial charge in [0.05, 0.1) is 28.5 Å². The van der Waals surface area contributed by atoms with Crippen molar-refractivity contribution in [1.29, 1.82) is 10.5 Å². The minimum absolute atomic E-state index is 0.0446. The summed E-state index contributed by atoms with van der Waals surface area (Å²) in [5, 5.41) is 24.2. The van der Waals surface area contributed by atoms with E-state index in [1.165, 1.54) is 0 Å². The lowest BCUT2D eigenvalue weighted by atomic mass is 9.72. The standard InChI is InChI=1S/C17H16N4O2S/c1-17(2)12(8-18)15(23)21-16(13(17)9-19)24-10-14(22)20-11-6-4-3-5-7-11/h3-7,12H,10H2,1-2H3,(H,20,22)(H,21,23)/t12-/m1/s1. The Morgan fingerprint density at radius 1 is 1.33 bits per heavy atom. The number of hydrogen-bond acceptors (Lipinski definition) is 5. The van der Waals surface area contributed by atoms with Crippen molar-refractivity contribution in [2.24, 2.45) is 11.3 Å². The minimum Gasteiger partial charge on any atom is -0.325 e. The maximum Gasteiger partial charge on any atom is 0.243 e. The van der Waals surface area contributed by atoms with Crippen LogP contribution in [0.3, 0.4) is 0 Å². The Hall–Kier alpha value is -2.77. The lowest BCUT2D eigenvalue weighted by Gasteiger charge is -2.34. The largest absolute Gasteiger partial charge is 0.325 e. The van der Waals surface area contributed by atoms with E-state index < -0.39 is 17.2 Å². The summed E-state index contributed by atoms with van der Waals surface area (Å²) in [6, 6.07) is 13.0. The molecular formula is C17H16N4O2S. The van der Waals surface area contributed by atoms with Gasteiger partial charge in [0, 0.05) is 11.1 Å². The van der Waals surface area contributed by atoms with Gasteiger partial charge in [-0.1, -0.05) is 43.8 Å². The number of allylic oxidation sites excluding steroid dienone is 1. The van der Waals surface area contributed by atoms with Crippen LogP contribution in [0.5, 0.6) is 0 Å². The molecule has 122 valence electrons. The van der Waals surface area contributed by atoms with Crippen LogP contribution in [0.4, 0.5) is 5.69 Å². The lowest BCUT2D eigenvalue weighted by Crippen LogP contribution is -2.44. The molecule has 7 heteroatoms. The van der Waals surface area contributed by atoms with Gasteiger partial charge >= 0.3 is 0 Å². The van der Waals surface area contributed by atoms with Gasteiger partial charge in [-0.2, -0.15) is 10.5 Å². The van der Waals surface area contributed by atoms with Crippen LogP contribution in [0, 0.1) is 34.0 Å². The van der Waals surface area contributed by atoms with E-state index in [0.717, 1.165) is 11.8 Å². The van der Waals surface area contributed by atoms with Gasteiger partial charge in [0.1, 0.15) is 5.92 Å². The predicted octanol–water partition coefficient (Wildman–Crippen LogP) is 2.39. The first-order chi connectivity index (χ1) is 11.4. The summed E-state index contributed by atoms with van der Waals surface area (Å²) in [6.07, 6.45) is 0. The normalized spacial score (nSPS) is 19.0. The third-order valence-corrected chi connectivity index (χ3v) is 4.74. The minimum atomic E-state index is -0.936. The van der Waals surface area contributed by atoms with E-state index in [9.17, 15) is 14.9 Å². The van der Waals surface area contributed by atoms with Crippen molar-refractivity contribution in [3.8, 4) is 12.1 Å². The van der Waals surface area contributed by atoms with Gasteiger partial charge in [0.2, 0.25) is 11.8 Å². The van der Waals surface area contributed by atoms with Gasteiger partial charge < -0.3 is 10.6 Å². The average molecular weight is 340 g/mol. The van der Waals surface area contributed by atoms with Gasteiger partial charge in [-0.15, -0.1) is 0 Å². The number of para-hydroxylation sites is 1. The summed E-state index contributed by atoms with van der Waals surface area (Å²) in [6.45, 7) is 3.37. The van der Waals surface area contributed by atoms with Gasteiger partial charge in [0.25, 0.3) is 0 Å². The van der Waals surface area contributed by atoms with Crippen LogP contribution >= 0.6 is 11.8 Å². The van der Waals surface area contributed by atoms with Crippen LogP contribution in [0.15, 0.2) is 40.9 Å². The van der Waals surface area contributed by atoms with E-state index in [0.29, 0.717) is 16.3 Å². The molecule has 0 unspecified atom stereocenters. The second kappa shape index (κ2) is 7.20. The first-order valence-corrected chi connectivity index (χ1v) is 8.21. The molecule has 0 fully saturated rings. The highest BCUT2D eigenvalue weighted by atomic mass is 32.2. The number of hydrogen-bond donors (Lipinski definition) is 2. The van der Waals surface area contributed by atoms with Crippen molar-refractivity contribution in [3.63, 3.8) is 0 Å². The number of nitrogens with zero attached hydrogens (tertiary/aromatic N) is 2. The fourth-order valence-corrected chi connectivity index (χ4v) is 3.36. The van der Waals surface area contributed by atoms with E-state index in [2.05, 4.69) is 16.7 Å². The quantitative estimate of drug-likeness (QED) is 0.875. The molecule has 2 N–H and O–H groups in total. The van der Waals surface area contributed by atoms with Crippen LogP contribution < -0.4 is 10.6 Å². The lowest BCUT2D eigenvalue weighted by molar-refractivity contribution is -0.125. The zero-order valence-corrected chi connectivity index (χ0v) is 14.1. The molecule has 1 heterocycles. The molecule has 0 saturated carbocycles. The van der Waals surface area contributed by atoms with Crippen LogP contribution in [-0.4, -0.2) is 17.6 Å². The van der Waals surface area contributed by atoms with Crippen molar-refractivity contribution in [2.75, 3.05) is 11.1 Å². The molecule has 1 aromatic rings. The molecule has 1 aliphatic heterocycles. The highest BCUT2D eigenvalue weighted by Crippen LogP contribution is 2.41. The number of nitrogens with one attached hydrogen (secondary N) is 2. The van der Waals surface area contributed by atoms with Gasteiger partial charge in [-0.05, 0) is 12.1 Å². The van der Waals surface area contributed by atoms with Crippen molar-refractivity contribution in [3.05, 3.63) is 40.9 Å². The van der Waals surface area contributed by atoms with Crippen molar-refractivity contribution < 1.29 is 9.59 Å². The van der Waals surface area contributed by atoms with E-state index in [1.807, 2.05) is 24.3 Å². The SMILES string of the molecule is CC1(C)C(C#N)=C(SCC(=O)Nc2ccccc2)NC(=O)[C@H]1C#N. The van der Waals surface area contributed by atoms with E-state index >= 15 is 0 Å².